The number of nitrogens with zero attached hydrogens (tertiary/aromatic N) is 3. The smallest absolute Gasteiger partial charge is 0.269 e. The minimum absolute atomic E-state index is 0.0200. The van der Waals surface area contributed by atoms with E-state index in [4.69, 9.17) is 4.74 Å². The van der Waals surface area contributed by atoms with E-state index in [9.17, 15) is 19.7 Å². The number of hydrogen-bond donors (Lipinski definition) is 0. The van der Waals surface area contributed by atoms with E-state index in [0.29, 0.717) is 11.3 Å². The van der Waals surface area contributed by atoms with Gasteiger partial charge in [0, 0.05) is 12.1 Å². The molecule has 2 fully saturated rings. The van der Waals surface area contributed by atoms with Crippen LogP contribution in [0.5, 0.6) is 5.75 Å². The number of carbonyl (C=O) groups excluding carboxylic acids is 2. The molecule has 2 aromatic rings. The van der Waals surface area contributed by atoms with Gasteiger partial charge in [0.2, 0.25) is 0 Å². The number of nitro benzene ring substituents is 1. The number of rotatable bonds is 6. The van der Waals surface area contributed by atoms with Crippen LogP contribution in [0, 0.1) is 33.8 Å². The van der Waals surface area contributed by atoms with Crippen molar-refractivity contribution in [2.24, 2.45) is 28.8 Å². The van der Waals surface area contributed by atoms with Crippen molar-refractivity contribution >= 4 is 23.7 Å². The second kappa shape index (κ2) is 7.46. The van der Waals surface area contributed by atoms with Crippen LogP contribution < -0.4 is 4.74 Å². The maximum Gasteiger partial charge on any atom is 0.269 e. The Morgan fingerprint density at radius 2 is 1.74 bits per heavy atom. The molecule has 1 saturated carbocycles. The Bertz CT molecular complexity index is 1090. The summed E-state index contributed by atoms with van der Waals surface area (Å²) in [6, 6.07) is 13.3. The summed E-state index contributed by atoms with van der Waals surface area (Å²) in [6.07, 6.45) is 6.49. The summed E-state index contributed by atoms with van der Waals surface area (Å²) >= 11 is 0. The molecule has 2 bridgehead atoms. The summed E-state index contributed by atoms with van der Waals surface area (Å²) in [4.78, 5) is 35.7. The summed E-state index contributed by atoms with van der Waals surface area (Å²) in [6.45, 7) is 0.199. The van der Waals surface area contributed by atoms with Crippen LogP contribution in [0.25, 0.3) is 0 Å². The van der Waals surface area contributed by atoms with Gasteiger partial charge in [-0.3, -0.25) is 19.7 Å². The van der Waals surface area contributed by atoms with Gasteiger partial charge >= 0.3 is 0 Å². The van der Waals surface area contributed by atoms with Crippen LogP contribution in [0.1, 0.15) is 17.5 Å². The molecule has 8 nitrogen and oxygen atoms in total. The third-order valence-electron chi connectivity index (χ3n) is 6.18. The van der Waals surface area contributed by atoms with Gasteiger partial charge in [-0.2, -0.15) is 10.1 Å². The number of non-ortho nitro benzene ring substituents is 1. The number of imide groups is 1. The van der Waals surface area contributed by atoms with Gasteiger partial charge in [-0.05, 0) is 53.6 Å². The molecule has 2 amide bonds. The van der Waals surface area contributed by atoms with E-state index in [1.165, 1.54) is 18.3 Å². The number of nitro groups is 1. The first-order chi connectivity index (χ1) is 15.0. The highest BCUT2D eigenvalue weighted by atomic mass is 16.6. The fraction of sp³-hybridized carbons (Fsp3) is 0.261. The molecule has 0 aromatic heterocycles. The average molecular weight is 417 g/mol. The monoisotopic (exact) mass is 417 g/mol. The summed E-state index contributed by atoms with van der Waals surface area (Å²) in [5.41, 5.74) is 1.44. The fourth-order valence-corrected chi connectivity index (χ4v) is 4.70. The molecule has 4 atom stereocenters. The highest BCUT2D eigenvalue weighted by molar-refractivity contribution is 6.06. The van der Waals surface area contributed by atoms with Gasteiger partial charge in [0.25, 0.3) is 17.5 Å². The van der Waals surface area contributed by atoms with Crippen LogP contribution in [-0.2, 0) is 16.2 Å². The lowest BCUT2D eigenvalue weighted by Gasteiger charge is -2.13. The predicted octanol–water partition coefficient (Wildman–Crippen LogP) is 3.31. The third-order valence-corrected chi connectivity index (χ3v) is 6.18. The zero-order valence-electron chi connectivity index (χ0n) is 16.5. The zero-order valence-corrected chi connectivity index (χ0v) is 16.5. The van der Waals surface area contributed by atoms with E-state index in [2.05, 4.69) is 17.3 Å². The lowest BCUT2D eigenvalue weighted by Crippen LogP contribution is -2.28. The van der Waals surface area contributed by atoms with Gasteiger partial charge in [0.15, 0.2) is 0 Å². The van der Waals surface area contributed by atoms with Gasteiger partial charge < -0.3 is 4.74 Å². The average Bonchev–Trinajstić information content (AvgIpc) is 3.46. The van der Waals surface area contributed by atoms with Gasteiger partial charge in [0.1, 0.15) is 12.4 Å². The number of fused-ring (bicyclic) bond motifs is 5. The van der Waals surface area contributed by atoms with Crippen molar-refractivity contribution in [3.05, 3.63) is 81.9 Å². The molecule has 2 aromatic carbocycles. The maximum absolute atomic E-state index is 12.6. The second-order valence-electron chi connectivity index (χ2n) is 8.02. The largest absolute Gasteiger partial charge is 0.489 e. The van der Waals surface area contributed by atoms with Crippen molar-refractivity contribution in [1.82, 2.24) is 5.01 Å². The van der Waals surface area contributed by atoms with Crippen molar-refractivity contribution in [2.75, 3.05) is 0 Å². The van der Waals surface area contributed by atoms with E-state index in [-0.39, 0.29) is 47.8 Å². The van der Waals surface area contributed by atoms with Crippen LogP contribution in [-0.4, -0.2) is 28.0 Å². The molecule has 3 aliphatic rings. The normalized spacial score (nSPS) is 26.1. The van der Waals surface area contributed by atoms with Crippen molar-refractivity contribution in [2.45, 2.75) is 13.0 Å². The Morgan fingerprint density at radius 1 is 1.06 bits per heavy atom. The molecule has 0 unspecified atom stereocenters. The first-order valence-electron chi connectivity index (χ1n) is 10.1. The third kappa shape index (κ3) is 3.39. The van der Waals surface area contributed by atoms with Gasteiger partial charge in [-0.15, -0.1) is 0 Å². The summed E-state index contributed by atoms with van der Waals surface area (Å²) in [7, 11) is 0. The first kappa shape index (κ1) is 19.2. The Kier molecular flexibility index (Phi) is 4.62. The first-order valence-corrected chi connectivity index (χ1v) is 10.1. The SMILES string of the molecule is O=C1[C@@H]2[C@H](C(=O)N1N=Cc1ccc(OCc3cccc([N+](=O)[O-])c3)cc1)[C@H]1C=C[C@H]2C1. The molecule has 0 radical (unpaired) electrons. The summed E-state index contributed by atoms with van der Waals surface area (Å²) in [5.74, 6) is -0.0223. The zero-order chi connectivity index (χ0) is 21.5. The standard InChI is InChI=1S/C23H19N3O5/c27-22-20-16-6-7-17(11-16)21(20)23(28)25(22)24-12-14-4-8-19(9-5-14)31-13-15-2-1-3-18(10-15)26(29)30/h1-10,12,16-17,20-21H,11,13H2/t16-,17-,20-,21+/m0/s1. The summed E-state index contributed by atoms with van der Waals surface area (Å²) < 4.78 is 5.68. The molecule has 8 heteroatoms. The molecule has 31 heavy (non-hydrogen) atoms. The molecule has 1 saturated heterocycles. The van der Waals surface area contributed by atoms with E-state index in [1.54, 1.807) is 36.4 Å². The Hall–Kier alpha value is -3.81. The second-order valence-corrected chi connectivity index (χ2v) is 8.02. The number of hydrazone groups is 1. The highest BCUT2D eigenvalue weighted by Crippen LogP contribution is 2.52. The number of carbonyl (C=O) groups is 2. The predicted molar refractivity (Wildman–Crippen MR) is 111 cm³/mol. The van der Waals surface area contributed by atoms with Crippen LogP contribution in [0.3, 0.4) is 0 Å². The fourth-order valence-electron chi connectivity index (χ4n) is 4.70. The number of benzene rings is 2. The van der Waals surface area contributed by atoms with Gasteiger partial charge in [-0.1, -0.05) is 24.3 Å². The molecule has 156 valence electrons. The van der Waals surface area contributed by atoms with Crippen LogP contribution in [0.4, 0.5) is 5.69 Å². The quantitative estimate of drug-likeness (QED) is 0.236. The van der Waals surface area contributed by atoms with E-state index in [0.717, 1.165) is 17.0 Å². The van der Waals surface area contributed by atoms with Crippen LogP contribution in [0.2, 0.25) is 0 Å². The molecular weight excluding hydrogens is 398 g/mol. The highest BCUT2D eigenvalue weighted by Gasteiger charge is 2.59. The summed E-state index contributed by atoms with van der Waals surface area (Å²) in [5, 5.41) is 16.0. The van der Waals surface area contributed by atoms with Crippen LogP contribution >= 0.6 is 0 Å². The van der Waals surface area contributed by atoms with E-state index < -0.39 is 4.92 Å². The van der Waals surface area contributed by atoms with E-state index >= 15 is 0 Å². The molecule has 1 heterocycles. The topological polar surface area (TPSA) is 102 Å². The minimum atomic E-state index is -0.442. The van der Waals surface area contributed by atoms with Crippen molar-refractivity contribution in [3.8, 4) is 5.75 Å². The molecule has 0 N–H and O–H groups in total. The maximum atomic E-state index is 12.6. The number of ether oxygens (including phenoxy) is 1. The number of hydrogen-bond acceptors (Lipinski definition) is 6. The van der Waals surface area contributed by atoms with Crippen molar-refractivity contribution in [1.29, 1.82) is 0 Å². The lowest BCUT2D eigenvalue weighted by atomic mass is 9.85. The Morgan fingerprint density at radius 3 is 2.39 bits per heavy atom. The van der Waals surface area contributed by atoms with Crippen molar-refractivity contribution in [3.63, 3.8) is 0 Å². The van der Waals surface area contributed by atoms with Gasteiger partial charge in [0.05, 0.1) is 23.0 Å². The molecule has 1 aliphatic heterocycles. The number of allylic oxidation sites excluding steroid dienone is 2. The molecule has 2 aliphatic carbocycles. The van der Waals surface area contributed by atoms with Crippen molar-refractivity contribution < 1.29 is 19.2 Å². The van der Waals surface area contributed by atoms with Crippen LogP contribution in [0.15, 0.2) is 65.8 Å². The minimum Gasteiger partial charge on any atom is -0.489 e. The Balaban J connectivity index is 1.21. The number of amides is 2. The van der Waals surface area contributed by atoms with E-state index in [1.807, 2.05) is 0 Å². The molecule has 5 rings (SSSR count). The van der Waals surface area contributed by atoms with Gasteiger partial charge in [-0.25, -0.2) is 0 Å². The Labute approximate surface area is 178 Å². The lowest BCUT2D eigenvalue weighted by molar-refractivity contribution is -0.384. The molecule has 0 spiro atoms. The molecular formula is C23H19N3O5.